The Hall–Kier alpha value is -3.16. The van der Waals surface area contributed by atoms with E-state index in [-0.39, 0.29) is 30.3 Å². The largest absolute Gasteiger partial charge is 0.293 e. The second-order valence-electron chi connectivity index (χ2n) is 5.41. The van der Waals surface area contributed by atoms with Gasteiger partial charge in [-0.15, -0.1) is 5.10 Å². The number of hydrogen-bond acceptors (Lipinski definition) is 4. The summed E-state index contributed by atoms with van der Waals surface area (Å²) in [6.07, 6.45) is 4.98. The molecule has 1 amide bonds. The van der Waals surface area contributed by atoms with Crippen LogP contribution in [0.5, 0.6) is 0 Å². The minimum Gasteiger partial charge on any atom is -0.293 e. The zero-order valence-electron chi connectivity index (χ0n) is 13.2. The molecular formula is C17H15F2N5O. The van der Waals surface area contributed by atoms with Gasteiger partial charge in [0.2, 0.25) is 11.9 Å². The molecule has 0 aliphatic heterocycles. The normalized spacial score (nSPS) is 10.6. The summed E-state index contributed by atoms with van der Waals surface area (Å²) in [5.41, 5.74) is 1.11. The van der Waals surface area contributed by atoms with Gasteiger partial charge in [-0.2, -0.15) is 0 Å². The smallest absolute Gasteiger partial charge is 0.248 e. The van der Waals surface area contributed by atoms with Crippen LogP contribution in [0.1, 0.15) is 17.5 Å². The topological polar surface area (TPSA) is 72.7 Å². The van der Waals surface area contributed by atoms with E-state index in [9.17, 15) is 13.6 Å². The van der Waals surface area contributed by atoms with Crippen molar-refractivity contribution in [1.82, 2.24) is 19.7 Å². The highest BCUT2D eigenvalue weighted by Crippen LogP contribution is 2.12. The second kappa shape index (κ2) is 7.61. The van der Waals surface area contributed by atoms with Gasteiger partial charge in [-0.25, -0.2) is 18.4 Å². The number of rotatable bonds is 6. The quantitative estimate of drug-likeness (QED) is 0.747. The lowest BCUT2D eigenvalue weighted by molar-refractivity contribution is -0.116. The first-order valence-corrected chi connectivity index (χ1v) is 7.62. The number of carbonyl (C=O) groups excluding carboxylic acids is 1. The Labute approximate surface area is 142 Å². The maximum absolute atomic E-state index is 13.5. The van der Waals surface area contributed by atoms with Crippen molar-refractivity contribution < 1.29 is 13.6 Å². The number of aryl methyl sites for hydroxylation is 1. The van der Waals surface area contributed by atoms with E-state index in [0.29, 0.717) is 6.54 Å². The fourth-order valence-corrected chi connectivity index (χ4v) is 2.28. The Morgan fingerprint density at radius 3 is 2.92 bits per heavy atom. The molecule has 0 fully saturated rings. The third kappa shape index (κ3) is 4.66. The summed E-state index contributed by atoms with van der Waals surface area (Å²) in [7, 11) is 0. The highest BCUT2D eigenvalue weighted by atomic mass is 19.1. The minimum atomic E-state index is -0.535. The number of anilines is 1. The molecule has 0 radical (unpaired) electrons. The van der Waals surface area contributed by atoms with E-state index in [1.54, 1.807) is 17.1 Å². The van der Waals surface area contributed by atoms with E-state index < -0.39 is 11.6 Å². The van der Waals surface area contributed by atoms with Crippen LogP contribution in [0.4, 0.5) is 14.7 Å². The van der Waals surface area contributed by atoms with Crippen molar-refractivity contribution in [1.29, 1.82) is 0 Å². The summed E-state index contributed by atoms with van der Waals surface area (Å²) in [6, 6.07) is 6.90. The zero-order chi connectivity index (χ0) is 17.6. The van der Waals surface area contributed by atoms with Crippen molar-refractivity contribution in [2.75, 3.05) is 5.32 Å². The van der Waals surface area contributed by atoms with E-state index >= 15 is 0 Å². The average Bonchev–Trinajstić information content (AvgIpc) is 3.03. The molecule has 0 atom stereocenters. The lowest BCUT2D eigenvalue weighted by atomic mass is 10.1. The highest BCUT2D eigenvalue weighted by Gasteiger charge is 2.10. The van der Waals surface area contributed by atoms with Gasteiger partial charge in [0, 0.05) is 18.8 Å². The summed E-state index contributed by atoms with van der Waals surface area (Å²) >= 11 is 0. The van der Waals surface area contributed by atoms with Crippen molar-refractivity contribution in [2.24, 2.45) is 0 Å². The summed E-state index contributed by atoms with van der Waals surface area (Å²) in [5.74, 6) is -1.28. The number of amides is 1. The van der Waals surface area contributed by atoms with Crippen LogP contribution >= 0.6 is 0 Å². The number of pyridine rings is 1. The molecule has 3 rings (SSSR count). The van der Waals surface area contributed by atoms with Crippen LogP contribution in [0.25, 0.3) is 0 Å². The molecule has 3 aromatic rings. The molecular weight excluding hydrogens is 328 g/mol. The van der Waals surface area contributed by atoms with E-state index in [2.05, 4.69) is 20.4 Å². The standard InChI is InChI=1S/C17H15F2N5O/c18-14-4-5-15(19)13(8-14)3-6-16(25)22-17-21-11-24(23-17)10-12-2-1-7-20-9-12/h1-2,4-5,7-9,11H,3,6,10H2,(H,22,23,25). The third-order valence-corrected chi connectivity index (χ3v) is 3.48. The van der Waals surface area contributed by atoms with Gasteiger partial charge in [0.15, 0.2) is 0 Å². The molecule has 6 nitrogen and oxygen atoms in total. The maximum Gasteiger partial charge on any atom is 0.248 e. The molecule has 0 unspecified atom stereocenters. The summed E-state index contributed by atoms with van der Waals surface area (Å²) < 4.78 is 28.2. The number of carbonyl (C=O) groups is 1. The van der Waals surface area contributed by atoms with Crippen molar-refractivity contribution in [3.8, 4) is 0 Å². The second-order valence-corrected chi connectivity index (χ2v) is 5.41. The molecule has 0 saturated heterocycles. The fraction of sp³-hybridized carbons (Fsp3) is 0.176. The van der Waals surface area contributed by atoms with E-state index in [4.69, 9.17) is 0 Å². The number of nitrogens with one attached hydrogen (secondary N) is 1. The number of halogens is 2. The van der Waals surface area contributed by atoms with Crippen molar-refractivity contribution in [3.63, 3.8) is 0 Å². The molecule has 8 heteroatoms. The van der Waals surface area contributed by atoms with Gasteiger partial charge in [0.1, 0.15) is 18.0 Å². The van der Waals surface area contributed by atoms with Crippen LogP contribution in [0.15, 0.2) is 49.1 Å². The lowest BCUT2D eigenvalue weighted by Gasteiger charge is -2.04. The SMILES string of the molecule is O=C(CCc1cc(F)ccc1F)Nc1ncn(Cc2cccnc2)n1. The number of benzene rings is 1. The van der Waals surface area contributed by atoms with Crippen LogP contribution in [-0.4, -0.2) is 25.7 Å². The summed E-state index contributed by atoms with van der Waals surface area (Å²) in [4.78, 5) is 19.9. The monoisotopic (exact) mass is 343 g/mol. The van der Waals surface area contributed by atoms with Crippen molar-refractivity contribution in [3.05, 3.63) is 71.8 Å². The predicted molar refractivity (Wildman–Crippen MR) is 86.7 cm³/mol. The first-order valence-electron chi connectivity index (χ1n) is 7.62. The van der Waals surface area contributed by atoms with Gasteiger partial charge in [0.05, 0.1) is 6.54 Å². The number of nitrogens with zero attached hydrogens (tertiary/aromatic N) is 4. The van der Waals surface area contributed by atoms with Crippen molar-refractivity contribution in [2.45, 2.75) is 19.4 Å². The number of hydrogen-bond donors (Lipinski definition) is 1. The Morgan fingerprint density at radius 2 is 2.12 bits per heavy atom. The van der Waals surface area contributed by atoms with Crippen LogP contribution in [-0.2, 0) is 17.8 Å². The first kappa shape index (κ1) is 16.7. The lowest BCUT2D eigenvalue weighted by Crippen LogP contribution is -2.14. The molecule has 0 aliphatic carbocycles. The van der Waals surface area contributed by atoms with Crippen LogP contribution in [0.2, 0.25) is 0 Å². The molecule has 2 heterocycles. The van der Waals surface area contributed by atoms with E-state index in [0.717, 1.165) is 23.8 Å². The Morgan fingerprint density at radius 1 is 1.24 bits per heavy atom. The van der Waals surface area contributed by atoms with Gasteiger partial charge < -0.3 is 0 Å². The van der Waals surface area contributed by atoms with Crippen LogP contribution in [0, 0.1) is 11.6 Å². The predicted octanol–water partition coefficient (Wildman–Crippen LogP) is 2.57. The third-order valence-electron chi connectivity index (χ3n) is 3.48. The maximum atomic E-state index is 13.5. The molecule has 0 saturated carbocycles. The Kier molecular flexibility index (Phi) is 5.08. The molecule has 2 aromatic heterocycles. The molecule has 0 aliphatic rings. The molecule has 1 aromatic carbocycles. The highest BCUT2D eigenvalue weighted by molar-refractivity contribution is 5.88. The minimum absolute atomic E-state index is 0.00246. The Bertz CT molecular complexity index is 866. The van der Waals surface area contributed by atoms with Gasteiger partial charge in [0.25, 0.3) is 0 Å². The Balaban J connectivity index is 1.54. The summed E-state index contributed by atoms with van der Waals surface area (Å²) in [6.45, 7) is 0.477. The first-order chi connectivity index (χ1) is 12.1. The van der Waals surface area contributed by atoms with Crippen LogP contribution < -0.4 is 5.32 Å². The van der Waals surface area contributed by atoms with E-state index in [1.165, 1.54) is 6.33 Å². The van der Waals surface area contributed by atoms with Gasteiger partial charge in [-0.3, -0.25) is 15.1 Å². The van der Waals surface area contributed by atoms with Crippen molar-refractivity contribution >= 4 is 11.9 Å². The zero-order valence-corrected chi connectivity index (χ0v) is 13.2. The molecule has 0 spiro atoms. The molecule has 25 heavy (non-hydrogen) atoms. The molecule has 128 valence electrons. The van der Waals surface area contributed by atoms with E-state index in [1.807, 2.05) is 12.1 Å². The summed E-state index contributed by atoms with van der Waals surface area (Å²) in [5, 5.41) is 6.68. The van der Waals surface area contributed by atoms with Gasteiger partial charge >= 0.3 is 0 Å². The molecule has 1 N–H and O–H groups in total. The molecule has 0 bridgehead atoms. The van der Waals surface area contributed by atoms with Gasteiger partial charge in [-0.05, 0) is 41.8 Å². The number of aromatic nitrogens is 4. The average molecular weight is 343 g/mol. The van der Waals surface area contributed by atoms with Gasteiger partial charge in [-0.1, -0.05) is 6.07 Å². The fourth-order valence-electron chi connectivity index (χ4n) is 2.28. The van der Waals surface area contributed by atoms with Crippen LogP contribution in [0.3, 0.4) is 0 Å².